The van der Waals surface area contributed by atoms with Gasteiger partial charge >= 0.3 is 11.6 Å². The van der Waals surface area contributed by atoms with Gasteiger partial charge in [-0.2, -0.15) is 0 Å². The van der Waals surface area contributed by atoms with Crippen LogP contribution in [0.4, 0.5) is 0 Å². The zero-order chi connectivity index (χ0) is 23.1. The van der Waals surface area contributed by atoms with Crippen molar-refractivity contribution in [2.24, 2.45) is 0 Å². The summed E-state index contributed by atoms with van der Waals surface area (Å²) >= 11 is 0. The van der Waals surface area contributed by atoms with E-state index in [0.717, 1.165) is 0 Å². The predicted octanol–water partition coefficient (Wildman–Crippen LogP) is 2.80. The van der Waals surface area contributed by atoms with Crippen LogP contribution in [0, 0.1) is 0 Å². The molecular weight excluding hydrogens is 418 g/mol. The highest BCUT2D eigenvalue weighted by molar-refractivity contribution is 5.97. The first-order chi connectivity index (χ1) is 15.4. The first kappa shape index (κ1) is 22.8. The lowest BCUT2D eigenvalue weighted by Gasteiger charge is -2.09. The molecule has 9 nitrogen and oxygen atoms in total. The van der Waals surface area contributed by atoms with E-state index in [-0.39, 0.29) is 22.5 Å². The first-order valence-corrected chi connectivity index (χ1v) is 9.75. The Morgan fingerprint density at radius 3 is 2.31 bits per heavy atom. The van der Waals surface area contributed by atoms with Gasteiger partial charge in [0.15, 0.2) is 0 Å². The van der Waals surface area contributed by atoms with Gasteiger partial charge in [-0.3, -0.25) is 4.79 Å². The van der Waals surface area contributed by atoms with Gasteiger partial charge in [-0.25, -0.2) is 9.59 Å². The van der Waals surface area contributed by atoms with Gasteiger partial charge in [0.1, 0.15) is 28.4 Å². The first-order valence-electron chi connectivity index (χ1n) is 9.75. The number of rotatable bonds is 9. The van der Waals surface area contributed by atoms with Crippen molar-refractivity contribution in [2.75, 3.05) is 34.5 Å². The zero-order valence-electron chi connectivity index (χ0n) is 17.9. The highest BCUT2D eigenvalue weighted by atomic mass is 16.5. The van der Waals surface area contributed by atoms with Crippen molar-refractivity contribution in [1.82, 2.24) is 5.32 Å². The largest absolute Gasteiger partial charge is 0.497 e. The fourth-order valence-corrected chi connectivity index (χ4v) is 2.92. The summed E-state index contributed by atoms with van der Waals surface area (Å²) in [5, 5.41) is 3.15. The third kappa shape index (κ3) is 5.44. The van der Waals surface area contributed by atoms with E-state index in [1.807, 2.05) is 0 Å². The van der Waals surface area contributed by atoms with Gasteiger partial charge < -0.3 is 28.7 Å². The molecule has 0 atom stereocenters. The van der Waals surface area contributed by atoms with E-state index in [9.17, 15) is 14.4 Å². The lowest BCUT2D eigenvalue weighted by Crippen LogP contribution is -2.29. The number of methoxy groups -OCH3 is 3. The molecule has 0 saturated heterocycles. The third-order valence-corrected chi connectivity index (χ3v) is 4.56. The van der Waals surface area contributed by atoms with E-state index < -0.39 is 17.5 Å². The van der Waals surface area contributed by atoms with Gasteiger partial charge in [0, 0.05) is 37.8 Å². The van der Waals surface area contributed by atoms with E-state index in [1.54, 1.807) is 19.2 Å². The molecule has 1 N–H and O–H groups in total. The van der Waals surface area contributed by atoms with Crippen molar-refractivity contribution in [3.05, 3.63) is 64.0 Å². The molecule has 0 unspecified atom stereocenters. The minimum atomic E-state index is -0.789. The van der Waals surface area contributed by atoms with Crippen LogP contribution in [0.1, 0.15) is 27.1 Å². The number of carbonyl (C=O) groups excluding carboxylic acids is 2. The molecule has 32 heavy (non-hydrogen) atoms. The molecule has 0 spiro atoms. The summed E-state index contributed by atoms with van der Waals surface area (Å²) in [4.78, 5) is 37.1. The van der Waals surface area contributed by atoms with E-state index in [0.29, 0.717) is 36.5 Å². The van der Waals surface area contributed by atoms with Gasteiger partial charge in [0.2, 0.25) is 0 Å². The number of ether oxygens (including phenoxy) is 4. The van der Waals surface area contributed by atoms with E-state index in [4.69, 9.17) is 23.4 Å². The number of benzene rings is 2. The normalized spacial score (nSPS) is 10.6. The van der Waals surface area contributed by atoms with Crippen LogP contribution in [0.3, 0.4) is 0 Å². The number of esters is 1. The zero-order valence-corrected chi connectivity index (χ0v) is 17.9. The average Bonchev–Trinajstić information content (AvgIpc) is 2.80. The van der Waals surface area contributed by atoms with Crippen molar-refractivity contribution in [1.29, 1.82) is 0 Å². The maximum atomic E-state index is 12.6. The third-order valence-electron chi connectivity index (χ3n) is 4.56. The molecule has 0 saturated carbocycles. The Bertz CT molecular complexity index is 1160. The Hall–Kier alpha value is -3.85. The van der Waals surface area contributed by atoms with E-state index in [1.165, 1.54) is 44.6 Å². The predicted molar refractivity (Wildman–Crippen MR) is 116 cm³/mol. The van der Waals surface area contributed by atoms with Crippen LogP contribution in [0.5, 0.6) is 17.2 Å². The molecule has 3 aromatic rings. The molecule has 0 aliphatic heterocycles. The maximum Gasteiger partial charge on any atom is 0.349 e. The van der Waals surface area contributed by atoms with E-state index >= 15 is 0 Å². The molecule has 2 aromatic carbocycles. The SMILES string of the molecule is COCCCNC(=O)c1cc2ccc(OC(=O)c3cc(OC)cc(OC)c3)cc2oc1=O. The summed E-state index contributed by atoms with van der Waals surface area (Å²) in [5.41, 5.74) is -0.492. The van der Waals surface area contributed by atoms with Crippen molar-refractivity contribution < 1.29 is 33.0 Å². The molecule has 0 radical (unpaired) electrons. The summed E-state index contributed by atoms with van der Waals surface area (Å²) in [6, 6.07) is 10.6. The Labute approximate surface area is 183 Å². The summed E-state index contributed by atoms with van der Waals surface area (Å²) in [6.45, 7) is 0.866. The number of amides is 1. The van der Waals surface area contributed by atoms with Crippen LogP contribution in [-0.4, -0.2) is 46.4 Å². The second kappa shape index (κ2) is 10.5. The van der Waals surface area contributed by atoms with E-state index in [2.05, 4.69) is 5.32 Å². The van der Waals surface area contributed by atoms with Crippen LogP contribution >= 0.6 is 0 Å². The summed E-state index contributed by atoms with van der Waals surface area (Å²) in [6.07, 6.45) is 0.620. The van der Waals surface area contributed by atoms with Crippen molar-refractivity contribution >= 4 is 22.8 Å². The molecule has 1 heterocycles. The van der Waals surface area contributed by atoms with Crippen molar-refractivity contribution in [3.63, 3.8) is 0 Å². The monoisotopic (exact) mass is 441 g/mol. The highest BCUT2D eigenvalue weighted by Crippen LogP contribution is 2.25. The molecule has 1 amide bonds. The summed E-state index contributed by atoms with van der Waals surface area (Å²) < 4.78 is 25.9. The van der Waals surface area contributed by atoms with Crippen LogP contribution in [0.15, 0.2) is 51.7 Å². The van der Waals surface area contributed by atoms with Crippen LogP contribution in [0.25, 0.3) is 11.0 Å². The van der Waals surface area contributed by atoms with Crippen molar-refractivity contribution in [2.45, 2.75) is 6.42 Å². The molecule has 168 valence electrons. The Morgan fingerprint density at radius 1 is 0.938 bits per heavy atom. The number of hydrogen-bond donors (Lipinski definition) is 1. The molecule has 1 aromatic heterocycles. The van der Waals surface area contributed by atoms with Gasteiger partial charge in [-0.15, -0.1) is 0 Å². The topological polar surface area (TPSA) is 113 Å². The molecule has 0 aliphatic rings. The van der Waals surface area contributed by atoms with Gasteiger partial charge in [0.05, 0.1) is 19.8 Å². The second-order valence-corrected chi connectivity index (χ2v) is 6.74. The van der Waals surface area contributed by atoms with Crippen molar-refractivity contribution in [3.8, 4) is 17.2 Å². The summed E-state index contributed by atoms with van der Waals surface area (Å²) in [7, 11) is 4.52. The second-order valence-electron chi connectivity index (χ2n) is 6.74. The fraction of sp³-hybridized carbons (Fsp3) is 0.261. The maximum absolute atomic E-state index is 12.6. The van der Waals surface area contributed by atoms with Gasteiger partial charge in [-0.1, -0.05) is 0 Å². The molecule has 3 rings (SSSR count). The highest BCUT2D eigenvalue weighted by Gasteiger charge is 2.16. The van der Waals surface area contributed by atoms with Gasteiger partial charge in [-0.05, 0) is 36.8 Å². The van der Waals surface area contributed by atoms with Crippen LogP contribution in [-0.2, 0) is 4.74 Å². The Morgan fingerprint density at radius 2 is 1.66 bits per heavy atom. The molecule has 0 aliphatic carbocycles. The molecular formula is C23H23NO8. The molecule has 0 fully saturated rings. The number of carbonyl (C=O) groups is 2. The standard InChI is InChI=1S/C23H23NO8/c1-28-8-4-7-24-21(25)19-11-14-5-6-16(13-20(14)32-23(19)27)31-22(26)15-9-17(29-2)12-18(10-15)30-3/h5-6,9-13H,4,7-8H2,1-3H3,(H,24,25). The minimum Gasteiger partial charge on any atom is -0.497 e. The van der Waals surface area contributed by atoms with Crippen LogP contribution in [0.2, 0.25) is 0 Å². The molecule has 0 bridgehead atoms. The minimum absolute atomic E-state index is 0.108. The Kier molecular flexibility index (Phi) is 7.45. The molecule has 9 heteroatoms. The quantitative estimate of drug-likeness (QED) is 0.233. The Balaban J connectivity index is 1.79. The lowest BCUT2D eigenvalue weighted by atomic mass is 10.1. The summed E-state index contributed by atoms with van der Waals surface area (Å²) in [5.74, 6) is -0.123. The van der Waals surface area contributed by atoms with Crippen LogP contribution < -0.4 is 25.2 Å². The average molecular weight is 441 g/mol. The number of nitrogens with one attached hydrogen (secondary N) is 1. The number of fused-ring (bicyclic) bond motifs is 1. The fourth-order valence-electron chi connectivity index (χ4n) is 2.92. The number of hydrogen-bond acceptors (Lipinski definition) is 8. The lowest BCUT2D eigenvalue weighted by molar-refractivity contribution is 0.0734. The van der Waals surface area contributed by atoms with Gasteiger partial charge in [0.25, 0.3) is 5.91 Å². The smallest absolute Gasteiger partial charge is 0.349 e.